The monoisotopic (exact) mass is 369 g/mol. The summed E-state index contributed by atoms with van der Waals surface area (Å²) in [4.78, 5) is 2.74. The molecule has 2 atom stereocenters. The van der Waals surface area contributed by atoms with Gasteiger partial charge in [-0.05, 0) is 29.5 Å². The third-order valence-electron chi connectivity index (χ3n) is 5.16. The Morgan fingerprint density at radius 1 is 0.808 bits per heavy atom. The van der Waals surface area contributed by atoms with E-state index in [-0.39, 0.29) is 0 Å². The summed E-state index contributed by atoms with van der Waals surface area (Å²) in [5, 5.41) is 0. The zero-order chi connectivity index (χ0) is 18.8. The van der Waals surface area contributed by atoms with Crippen molar-refractivity contribution in [1.29, 1.82) is 0 Å². The SMILES string of the molecule is CC.CC.c1ccc([C@H]2C[C@H](N3CCSCC3)Cc3ccccc32)cc1. The number of benzene rings is 2. The van der Waals surface area contributed by atoms with Gasteiger partial charge in [-0.15, -0.1) is 0 Å². The van der Waals surface area contributed by atoms with Crippen molar-refractivity contribution in [3.8, 4) is 0 Å². The van der Waals surface area contributed by atoms with E-state index in [2.05, 4.69) is 71.3 Å². The van der Waals surface area contributed by atoms with Gasteiger partial charge in [-0.3, -0.25) is 4.90 Å². The minimum Gasteiger partial charge on any atom is -0.298 e. The van der Waals surface area contributed by atoms with Crippen LogP contribution in [0.15, 0.2) is 54.6 Å². The highest BCUT2D eigenvalue weighted by atomic mass is 32.2. The highest BCUT2D eigenvalue weighted by Gasteiger charge is 2.31. The third-order valence-corrected chi connectivity index (χ3v) is 6.10. The topological polar surface area (TPSA) is 3.24 Å². The molecule has 0 unspecified atom stereocenters. The highest BCUT2D eigenvalue weighted by Crippen LogP contribution is 2.38. The van der Waals surface area contributed by atoms with Crippen LogP contribution in [0.2, 0.25) is 0 Å². The quantitative estimate of drug-likeness (QED) is 0.617. The van der Waals surface area contributed by atoms with E-state index < -0.39 is 0 Å². The summed E-state index contributed by atoms with van der Waals surface area (Å²) in [5.41, 5.74) is 4.59. The molecule has 1 aliphatic heterocycles. The second-order valence-electron chi connectivity index (χ2n) is 6.40. The zero-order valence-electron chi connectivity index (χ0n) is 16.9. The van der Waals surface area contributed by atoms with Gasteiger partial charge in [-0.1, -0.05) is 82.3 Å². The zero-order valence-corrected chi connectivity index (χ0v) is 17.8. The van der Waals surface area contributed by atoms with Crippen molar-refractivity contribution in [2.75, 3.05) is 24.6 Å². The molecule has 4 rings (SSSR count). The van der Waals surface area contributed by atoms with Crippen LogP contribution < -0.4 is 0 Å². The van der Waals surface area contributed by atoms with Gasteiger partial charge in [0, 0.05) is 36.6 Å². The van der Waals surface area contributed by atoms with E-state index in [1.807, 2.05) is 27.7 Å². The molecule has 0 spiro atoms. The molecule has 142 valence electrons. The number of hydrogen-bond acceptors (Lipinski definition) is 2. The number of fused-ring (bicyclic) bond motifs is 1. The molecular formula is C24H35NS. The molecule has 0 N–H and O–H groups in total. The Kier molecular flexibility index (Phi) is 9.28. The average Bonchev–Trinajstić information content (AvgIpc) is 2.77. The van der Waals surface area contributed by atoms with Crippen molar-refractivity contribution < 1.29 is 0 Å². The molecule has 2 aromatic carbocycles. The van der Waals surface area contributed by atoms with Crippen LogP contribution in [0.3, 0.4) is 0 Å². The molecule has 0 amide bonds. The van der Waals surface area contributed by atoms with E-state index in [0.29, 0.717) is 12.0 Å². The Bertz CT molecular complexity index is 619. The lowest BCUT2D eigenvalue weighted by molar-refractivity contribution is 0.192. The first-order valence-electron chi connectivity index (χ1n) is 10.4. The Morgan fingerprint density at radius 3 is 2.12 bits per heavy atom. The Hall–Kier alpha value is -1.25. The van der Waals surface area contributed by atoms with Gasteiger partial charge in [0.25, 0.3) is 0 Å². The maximum atomic E-state index is 2.74. The normalized spacial score (nSPS) is 22.2. The average molecular weight is 370 g/mol. The maximum Gasteiger partial charge on any atom is 0.0145 e. The van der Waals surface area contributed by atoms with E-state index in [0.717, 1.165) is 0 Å². The smallest absolute Gasteiger partial charge is 0.0145 e. The first kappa shape index (κ1) is 21.1. The highest BCUT2D eigenvalue weighted by molar-refractivity contribution is 7.99. The standard InChI is InChI=1S/C20H23NS.2C2H6/c1-2-6-16(7-3-1)20-15-18(21-10-12-22-13-11-21)14-17-8-4-5-9-19(17)20;2*1-2/h1-9,18,20H,10-15H2;2*1-2H3/t18-,20-;;/m1../s1. The number of rotatable bonds is 2. The van der Waals surface area contributed by atoms with E-state index in [1.54, 1.807) is 11.1 Å². The molecule has 1 saturated heterocycles. The van der Waals surface area contributed by atoms with Crippen LogP contribution in [0.25, 0.3) is 0 Å². The van der Waals surface area contributed by atoms with Crippen molar-refractivity contribution >= 4 is 11.8 Å². The largest absolute Gasteiger partial charge is 0.298 e. The Labute approximate surface area is 165 Å². The minimum absolute atomic E-state index is 0.561. The third kappa shape index (κ3) is 5.14. The van der Waals surface area contributed by atoms with Crippen LogP contribution in [0.4, 0.5) is 0 Å². The second kappa shape index (κ2) is 11.5. The van der Waals surface area contributed by atoms with E-state index in [4.69, 9.17) is 0 Å². The lowest BCUT2D eigenvalue weighted by Crippen LogP contribution is -2.44. The summed E-state index contributed by atoms with van der Waals surface area (Å²) in [6, 6.07) is 20.9. The van der Waals surface area contributed by atoms with Crippen molar-refractivity contribution in [2.24, 2.45) is 0 Å². The van der Waals surface area contributed by atoms with Crippen LogP contribution >= 0.6 is 11.8 Å². The van der Waals surface area contributed by atoms with Gasteiger partial charge in [0.05, 0.1) is 0 Å². The van der Waals surface area contributed by atoms with Crippen LogP contribution in [-0.4, -0.2) is 35.5 Å². The predicted octanol–water partition coefficient (Wildman–Crippen LogP) is 6.23. The molecule has 0 saturated carbocycles. The molecule has 0 bridgehead atoms. The lowest BCUT2D eigenvalue weighted by Gasteiger charge is -2.40. The fraction of sp³-hybridized carbons (Fsp3) is 0.500. The Morgan fingerprint density at radius 2 is 1.42 bits per heavy atom. The number of hydrogen-bond donors (Lipinski definition) is 0. The van der Waals surface area contributed by atoms with Crippen molar-refractivity contribution in [2.45, 2.75) is 52.5 Å². The molecule has 0 aromatic heterocycles. The van der Waals surface area contributed by atoms with Gasteiger partial charge in [0.2, 0.25) is 0 Å². The lowest BCUT2D eigenvalue weighted by atomic mass is 9.76. The first-order chi connectivity index (χ1) is 12.9. The van der Waals surface area contributed by atoms with E-state index in [9.17, 15) is 0 Å². The fourth-order valence-corrected chi connectivity index (χ4v) is 4.95. The van der Waals surface area contributed by atoms with Gasteiger partial charge in [-0.25, -0.2) is 0 Å². The molecule has 26 heavy (non-hydrogen) atoms. The predicted molar refractivity (Wildman–Crippen MR) is 118 cm³/mol. The van der Waals surface area contributed by atoms with Crippen LogP contribution in [0.5, 0.6) is 0 Å². The summed E-state index contributed by atoms with van der Waals surface area (Å²) in [6.07, 6.45) is 2.50. The molecule has 2 heteroatoms. The first-order valence-corrected chi connectivity index (χ1v) is 11.5. The fourth-order valence-electron chi connectivity index (χ4n) is 4.02. The van der Waals surface area contributed by atoms with Crippen molar-refractivity contribution in [3.63, 3.8) is 0 Å². The number of nitrogens with zero attached hydrogens (tertiary/aromatic N) is 1. The van der Waals surface area contributed by atoms with Gasteiger partial charge in [-0.2, -0.15) is 11.8 Å². The Balaban J connectivity index is 0.000000570. The molecular weight excluding hydrogens is 334 g/mol. The molecule has 1 nitrogen and oxygen atoms in total. The molecule has 2 aromatic rings. The van der Waals surface area contributed by atoms with Crippen LogP contribution in [-0.2, 0) is 6.42 Å². The van der Waals surface area contributed by atoms with Crippen LogP contribution in [0.1, 0.15) is 56.7 Å². The minimum atomic E-state index is 0.561. The summed E-state index contributed by atoms with van der Waals surface area (Å²) in [5.74, 6) is 3.16. The molecule has 1 aliphatic carbocycles. The summed E-state index contributed by atoms with van der Waals surface area (Å²) >= 11 is 2.10. The van der Waals surface area contributed by atoms with Crippen molar-refractivity contribution in [1.82, 2.24) is 4.90 Å². The van der Waals surface area contributed by atoms with Gasteiger partial charge in [0.15, 0.2) is 0 Å². The summed E-state index contributed by atoms with van der Waals surface area (Å²) < 4.78 is 0. The van der Waals surface area contributed by atoms with Gasteiger partial charge >= 0.3 is 0 Å². The molecule has 0 radical (unpaired) electrons. The molecule has 1 heterocycles. The van der Waals surface area contributed by atoms with E-state index in [1.165, 1.54) is 43.0 Å². The molecule has 2 aliphatic rings. The summed E-state index contributed by atoms with van der Waals surface area (Å²) in [6.45, 7) is 10.5. The van der Waals surface area contributed by atoms with Crippen LogP contribution in [0, 0.1) is 0 Å². The van der Waals surface area contributed by atoms with Gasteiger partial charge in [0.1, 0.15) is 0 Å². The molecule has 1 fully saturated rings. The van der Waals surface area contributed by atoms with Crippen molar-refractivity contribution in [3.05, 3.63) is 71.3 Å². The summed E-state index contributed by atoms with van der Waals surface area (Å²) in [7, 11) is 0. The number of thioether (sulfide) groups is 1. The second-order valence-corrected chi connectivity index (χ2v) is 7.63. The van der Waals surface area contributed by atoms with E-state index >= 15 is 0 Å². The van der Waals surface area contributed by atoms with Gasteiger partial charge < -0.3 is 0 Å². The maximum absolute atomic E-state index is 2.74.